The van der Waals surface area contributed by atoms with Crippen LogP contribution in [0.25, 0.3) is 6.08 Å². The topological polar surface area (TPSA) is 110 Å². The zero-order valence-electron chi connectivity index (χ0n) is 19.7. The quantitative estimate of drug-likeness (QED) is 0.228. The van der Waals surface area contributed by atoms with Gasteiger partial charge < -0.3 is 9.64 Å². The fraction of sp³-hybridized carbons (Fsp3) is 0.179. The number of Topliss-reactive ketones (excluding diaryl/α,β-unsaturated/α-hetero) is 1. The summed E-state index contributed by atoms with van der Waals surface area (Å²) in [6.45, 7) is 0. The largest absolute Gasteiger partial charge is 0.496 e. The lowest BCUT2D eigenvalue weighted by molar-refractivity contribution is -0.386. The van der Waals surface area contributed by atoms with Crippen molar-refractivity contribution in [2.75, 3.05) is 12.0 Å². The van der Waals surface area contributed by atoms with E-state index in [0.717, 1.165) is 4.90 Å². The van der Waals surface area contributed by atoms with Crippen molar-refractivity contribution in [3.63, 3.8) is 0 Å². The van der Waals surface area contributed by atoms with Gasteiger partial charge in [-0.15, -0.1) is 0 Å². The van der Waals surface area contributed by atoms with Gasteiger partial charge in [0.05, 0.1) is 41.2 Å². The molecule has 2 fully saturated rings. The van der Waals surface area contributed by atoms with E-state index in [9.17, 15) is 24.5 Å². The molecule has 2 amide bonds. The second-order valence-electron chi connectivity index (χ2n) is 9.15. The van der Waals surface area contributed by atoms with Crippen LogP contribution in [0.3, 0.4) is 0 Å². The van der Waals surface area contributed by atoms with Crippen molar-refractivity contribution in [3.05, 3.63) is 106 Å². The number of carbonyl (C=O) groups is 3. The number of amides is 2. The molecule has 184 valence electrons. The number of ketones is 1. The Kier molecular flexibility index (Phi) is 5.15. The summed E-state index contributed by atoms with van der Waals surface area (Å²) in [6.07, 6.45) is 3.30. The number of nitro benzene ring substituents is 1. The Morgan fingerprint density at radius 1 is 0.919 bits per heavy atom. The zero-order valence-corrected chi connectivity index (χ0v) is 19.7. The number of imide groups is 1. The monoisotopic (exact) mass is 495 g/mol. The van der Waals surface area contributed by atoms with Crippen molar-refractivity contribution in [3.8, 4) is 5.75 Å². The number of fused-ring (bicyclic) bond motifs is 5. The summed E-state index contributed by atoms with van der Waals surface area (Å²) in [7, 11) is 1.46. The average Bonchev–Trinajstić information content (AvgIpc) is 3.40. The minimum Gasteiger partial charge on any atom is -0.496 e. The van der Waals surface area contributed by atoms with Crippen LogP contribution in [0, 0.1) is 22.0 Å². The average molecular weight is 495 g/mol. The fourth-order valence-corrected chi connectivity index (χ4v) is 5.92. The van der Waals surface area contributed by atoms with E-state index >= 15 is 0 Å². The molecule has 3 aliphatic rings. The molecule has 3 aromatic rings. The van der Waals surface area contributed by atoms with E-state index in [1.165, 1.54) is 19.2 Å². The van der Waals surface area contributed by atoms with Gasteiger partial charge in [-0.1, -0.05) is 48.5 Å². The Labute approximate surface area is 211 Å². The molecule has 0 aliphatic carbocycles. The molecule has 3 heterocycles. The summed E-state index contributed by atoms with van der Waals surface area (Å²) < 4.78 is 5.47. The van der Waals surface area contributed by atoms with E-state index in [1.807, 2.05) is 0 Å². The van der Waals surface area contributed by atoms with E-state index < -0.39 is 40.7 Å². The minimum atomic E-state index is -1.02. The third-order valence-corrected chi connectivity index (χ3v) is 7.41. The number of benzene rings is 3. The molecule has 0 spiro atoms. The second-order valence-corrected chi connectivity index (χ2v) is 9.15. The van der Waals surface area contributed by atoms with Gasteiger partial charge in [0.1, 0.15) is 11.8 Å². The number of para-hydroxylation sites is 1. The fourth-order valence-electron chi connectivity index (χ4n) is 5.92. The SMILES string of the molecule is COc1ccc([N+](=O)[O-])c2c1C=CN1C(C(=O)c3ccccc3)C3C(=O)N(c4ccccc4)C(=O)C3C21. The Morgan fingerprint density at radius 2 is 1.57 bits per heavy atom. The van der Waals surface area contributed by atoms with E-state index in [1.54, 1.807) is 77.8 Å². The molecule has 0 radical (unpaired) electrons. The molecule has 3 aromatic carbocycles. The molecule has 0 aromatic heterocycles. The van der Waals surface area contributed by atoms with Crippen LogP contribution in [0.1, 0.15) is 27.5 Å². The first-order chi connectivity index (χ1) is 17.9. The Balaban J connectivity index is 1.57. The molecule has 3 aliphatic heterocycles. The van der Waals surface area contributed by atoms with Gasteiger partial charge in [0.25, 0.3) is 5.69 Å². The van der Waals surface area contributed by atoms with Crippen molar-refractivity contribution in [2.24, 2.45) is 11.8 Å². The van der Waals surface area contributed by atoms with Crippen LogP contribution in [-0.4, -0.2) is 40.6 Å². The predicted molar refractivity (Wildman–Crippen MR) is 134 cm³/mol. The summed E-state index contributed by atoms with van der Waals surface area (Å²) in [6, 6.07) is 18.0. The van der Waals surface area contributed by atoms with Gasteiger partial charge in [-0.3, -0.25) is 24.5 Å². The molecule has 37 heavy (non-hydrogen) atoms. The van der Waals surface area contributed by atoms with Gasteiger partial charge in [-0.05, 0) is 24.3 Å². The third kappa shape index (κ3) is 3.20. The molecular formula is C28H21N3O6. The number of methoxy groups -OCH3 is 1. The highest BCUT2D eigenvalue weighted by molar-refractivity contribution is 6.24. The number of hydrogen-bond acceptors (Lipinski definition) is 7. The lowest BCUT2D eigenvalue weighted by atomic mass is 9.82. The Hall–Kier alpha value is -4.79. The van der Waals surface area contributed by atoms with Crippen LogP contribution < -0.4 is 9.64 Å². The maximum absolute atomic E-state index is 13.9. The minimum absolute atomic E-state index is 0.194. The molecule has 2 saturated heterocycles. The van der Waals surface area contributed by atoms with Crippen LogP contribution in [-0.2, 0) is 9.59 Å². The summed E-state index contributed by atoms with van der Waals surface area (Å²) >= 11 is 0. The summed E-state index contributed by atoms with van der Waals surface area (Å²) in [4.78, 5) is 56.1. The number of anilines is 1. The molecule has 0 bridgehead atoms. The summed E-state index contributed by atoms with van der Waals surface area (Å²) in [5.41, 5.74) is 1.32. The van der Waals surface area contributed by atoms with Crippen LogP contribution in [0.2, 0.25) is 0 Å². The molecule has 0 saturated carbocycles. The number of nitrogens with zero attached hydrogens (tertiary/aromatic N) is 3. The lowest BCUT2D eigenvalue weighted by Gasteiger charge is -2.35. The van der Waals surface area contributed by atoms with E-state index in [0.29, 0.717) is 22.6 Å². The lowest BCUT2D eigenvalue weighted by Crippen LogP contribution is -2.44. The van der Waals surface area contributed by atoms with Crippen molar-refractivity contribution in [2.45, 2.75) is 12.1 Å². The first kappa shape index (κ1) is 22.7. The standard InChI is InChI=1S/C28H21N3O6/c1-37-20-13-12-19(31(35)36)21-18(20)14-15-29-24(21)22-23(25(29)26(32)16-8-4-2-5-9-16)28(34)30(27(22)33)17-10-6-3-7-11-17/h2-15,22-25H,1H3. The maximum Gasteiger partial charge on any atom is 0.275 e. The number of nitro groups is 1. The zero-order chi connectivity index (χ0) is 25.8. The van der Waals surface area contributed by atoms with Crippen LogP contribution >= 0.6 is 0 Å². The van der Waals surface area contributed by atoms with Gasteiger partial charge in [0, 0.05) is 23.4 Å². The number of ether oxygens (including phenoxy) is 1. The summed E-state index contributed by atoms with van der Waals surface area (Å²) in [5, 5.41) is 12.1. The van der Waals surface area contributed by atoms with Gasteiger partial charge in [-0.25, -0.2) is 4.90 Å². The Bertz CT molecular complexity index is 1490. The van der Waals surface area contributed by atoms with Gasteiger partial charge in [0.2, 0.25) is 11.8 Å². The van der Waals surface area contributed by atoms with E-state index in [2.05, 4.69) is 0 Å². The molecule has 9 heteroatoms. The maximum atomic E-state index is 13.9. The van der Waals surface area contributed by atoms with Crippen molar-refractivity contribution in [1.29, 1.82) is 0 Å². The van der Waals surface area contributed by atoms with Gasteiger partial charge >= 0.3 is 0 Å². The highest BCUT2D eigenvalue weighted by atomic mass is 16.6. The number of rotatable bonds is 5. The van der Waals surface area contributed by atoms with Crippen molar-refractivity contribution < 1.29 is 24.0 Å². The van der Waals surface area contributed by atoms with Gasteiger partial charge in [0.15, 0.2) is 5.78 Å². The van der Waals surface area contributed by atoms with Crippen LogP contribution in [0.4, 0.5) is 11.4 Å². The second kappa shape index (κ2) is 8.41. The van der Waals surface area contributed by atoms with Crippen LogP contribution in [0.15, 0.2) is 79.0 Å². The molecule has 9 nitrogen and oxygen atoms in total. The molecule has 4 atom stereocenters. The highest BCUT2D eigenvalue weighted by Crippen LogP contribution is 2.56. The first-order valence-electron chi connectivity index (χ1n) is 11.8. The molecule has 0 N–H and O–H groups in total. The molecular weight excluding hydrogens is 474 g/mol. The van der Waals surface area contributed by atoms with Crippen molar-refractivity contribution in [1.82, 2.24) is 4.90 Å². The summed E-state index contributed by atoms with van der Waals surface area (Å²) in [5.74, 6) is -2.93. The van der Waals surface area contributed by atoms with Crippen molar-refractivity contribution >= 4 is 35.0 Å². The smallest absolute Gasteiger partial charge is 0.275 e. The number of hydrogen-bond donors (Lipinski definition) is 0. The predicted octanol–water partition coefficient (Wildman–Crippen LogP) is 4.00. The third-order valence-electron chi connectivity index (χ3n) is 7.41. The first-order valence-corrected chi connectivity index (χ1v) is 11.8. The van der Waals surface area contributed by atoms with E-state index in [-0.39, 0.29) is 17.0 Å². The Morgan fingerprint density at radius 3 is 2.22 bits per heavy atom. The molecule has 4 unspecified atom stereocenters. The van der Waals surface area contributed by atoms with E-state index in [4.69, 9.17) is 4.74 Å². The highest BCUT2D eigenvalue weighted by Gasteiger charge is 2.65. The van der Waals surface area contributed by atoms with Crippen LogP contribution in [0.5, 0.6) is 5.75 Å². The normalized spacial score (nSPS) is 23.5. The molecule has 6 rings (SSSR count). The van der Waals surface area contributed by atoms with Gasteiger partial charge in [-0.2, -0.15) is 0 Å². The number of carbonyl (C=O) groups excluding carboxylic acids is 3.